The van der Waals surface area contributed by atoms with Gasteiger partial charge in [0.2, 0.25) is 0 Å². The van der Waals surface area contributed by atoms with Crippen LogP contribution in [0.25, 0.3) is 0 Å². The molecule has 2 unspecified atom stereocenters. The first-order chi connectivity index (χ1) is 14.8. The lowest BCUT2D eigenvalue weighted by atomic mass is 10.0. The van der Waals surface area contributed by atoms with Crippen LogP contribution in [0.1, 0.15) is 12.6 Å². The van der Waals surface area contributed by atoms with Crippen LogP contribution in [0.15, 0.2) is 22.0 Å². The molecule has 168 valence electrons. The number of rotatable bonds is 9. The van der Waals surface area contributed by atoms with Gasteiger partial charge in [-0.15, -0.1) is 23.1 Å². The maximum absolute atomic E-state index is 12.8. The Hall–Kier alpha value is -2.84. The number of nitrogens with one attached hydrogen (secondary N) is 1. The number of aromatic nitrogens is 1. The van der Waals surface area contributed by atoms with Crippen molar-refractivity contribution in [1.82, 2.24) is 15.2 Å². The Morgan fingerprint density at radius 2 is 2.13 bits per heavy atom. The van der Waals surface area contributed by atoms with Gasteiger partial charge in [0.05, 0.1) is 11.9 Å². The van der Waals surface area contributed by atoms with Crippen molar-refractivity contribution in [2.24, 2.45) is 5.16 Å². The van der Waals surface area contributed by atoms with Gasteiger partial charge < -0.3 is 30.5 Å². The molecule has 14 heteroatoms. The van der Waals surface area contributed by atoms with Crippen LogP contribution in [-0.4, -0.2) is 82.6 Å². The van der Waals surface area contributed by atoms with Crippen molar-refractivity contribution in [2.45, 2.75) is 23.6 Å². The van der Waals surface area contributed by atoms with Crippen LogP contribution in [-0.2, 0) is 28.7 Å². The normalized spacial score (nSPS) is 23.2. The Morgan fingerprint density at radius 3 is 2.71 bits per heavy atom. The first kappa shape index (κ1) is 22.8. The number of fused-ring (bicyclic) bond motifs is 1. The van der Waals surface area contributed by atoms with E-state index in [4.69, 9.17) is 20.0 Å². The highest BCUT2D eigenvalue weighted by molar-refractivity contribution is 8.00. The average molecular weight is 472 g/mol. The fourth-order valence-corrected chi connectivity index (χ4v) is 5.03. The molecular weight excluding hydrogens is 450 g/mol. The fourth-order valence-electron chi connectivity index (χ4n) is 3.09. The minimum Gasteiger partial charge on any atom is -0.492 e. The van der Waals surface area contributed by atoms with Crippen molar-refractivity contribution >= 4 is 51.7 Å². The predicted molar refractivity (Wildman–Crippen MR) is 112 cm³/mol. The van der Waals surface area contributed by atoms with Gasteiger partial charge in [-0.1, -0.05) is 5.16 Å². The summed E-state index contributed by atoms with van der Waals surface area (Å²) in [5.74, 6) is -2.37. The Labute approximate surface area is 185 Å². The van der Waals surface area contributed by atoms with Crippen LogP contribution >= 0.6 is 23.1 Å². The standard InChI is InChI=1S/C17H21N5O7S2/c1-7-12(29-5-4-27-2)11(16(25)26)22-14(24)10(15(22)31-7)20-13(23)9(21-28-3)8-6-30-17(18)19-8/h6-7,10,15H,4-5H2,1-3H3,(H2,18,19)(H,20,23)(H,25,26)/t7?,10?,15-/m1/s1. The van der Waals surface area contributed by atoms with Gasteiger partial charge in [-0.25, -0.2) is 9.78 Å². The van der Waals surface area contributed by atoms with Crippen LogP contribution in [0.4, 0.5) is 5.13 Å². The zero-order valence-corrected chi connectivity index (χ0v) is 18.5. The molecule has 3 atom stereocenters. The zero-order valence-electron chi connectivity index (χ0n) is 16.9. The summed E-state index contributed by atoms with van der Waals surface area (Å²) in [4.78, 5) is 47.2. The summed E-state index contributed by atoms with van der Waals surface area (Å²) in [6, 6.07) is -0.951. The average Bonchev–Trinajstić information content (AvgIpc) is 3.16. The lowest BCUT2D eigenvalue weighted by Gasteiger charge is -2.50. The van der Waals surface area contributed by atoms with Crippen LogP contribution in [0.5, 0.6) is 0 Å². The molecule has 3 rings (SSSR count). The van der Waals surface area contributed by atoms with Crippen molar-refractivity contribution in [3.05, 3.63) is 22.5 Å². The third kappa shape index (κ3) is 4.45. The molecule has 0 saturated carbocycles. The van der Waals surface area contributed by atoms with E-state index in [1.807, 2.05) is 0 Å². The van der Waals surface area contributed by atoms with Gasteiger partial charge in [-0.3, -0.25) is 14.5 Å². The number of aliphatic carboxylic acids is 1. The summed E-state index contributed by atoms with van der Waals surface area (Å²) in [5.41, 5.74) is 5.43. The van der Waals surface area contributed by atoms with Gasteiger partial charge in [0.15, 0.2) is 16.5 Å². The summed E-state index contributed by atoms with van der Waals surface area (Å²) in [6.07, 6.45) is 0. The topological polar surface area (TPSA) is 166 Å². The Morgan fingerprint density at radius 1 is 1.39 bits per heavy atom. The number of anilines is 1. The molecule has 0 spiro atoms. The minimum atomic E-state index is -1.29. The van der Waals surface area contributed by atoms with E-state index in [9.17, 15) is 19.5 Å². The number of thiazole rings is 1. The summed E-state index contributed by atoms with van der Waals surface area (Å²) in [6.45, 7) is 2.19. The maximum atomic E-state index is 12.8. The van der Waals surface area contributed by atoms with E-state index in [2.05, 4.69) is 15.5 Å². The maximum Gasteiger partial charge on any atom is 0.356 e. The molecule has 0 radical (unpaired) electrons. The number of carboxylic acids is 1. The smallest absolute Gasteiger partial charge is 0.356 e. The Balaban J connectivity index is 1.80. The number of hydrogen-bond donors (Lipinski definition) is 3. The van der Waals surface area contributed by atoms with Crippen molar-refractivity contribution in [3.63, 3.8) is 0 Å². The molecule has 0 bridgehead atoms. The number of nitrogens with two attached hydrogens (primary N) is 1. The number of oxime groups is 1. The second kappa shape index (κ2) is 9.53. The van der Waals surface area contributed by atoms with Gasteiger partial charge in [-0.05, 0) is 6.92 Å². The molecule has 4 N–H and O–H groups in total. The number of nitrogen functional groups attached to an aromatic ring is 1. The van der Waals surface area contributed by atoms with Crippen LogP contribution < -0.4 is 11.1 Å². The molecule has 1 saturated heterocycles. The van der Waals surface area contributed by atoms with E-state index >= 15 is 0 Å². The predicted octanol–water partition coefficient (Wildman–Crippen LogP) is -0.177. The minimum absolute atomic E-state index is 0.145. The monoisotopic (exact) mass is 471 g/mol. The van der Waals surface area contributed by atoms with E-state index in [1.165, 1.54) is 31.4 Å². The molecule has 0 aromatic carbocycles. The van der Waals surface area contributed by atoms with E-state index in [0.717, 1.165) is 16.2 Å². The SMILES string of the molecule is COCCOC1=C(C(=O)O)N2C(=O)C(NC(=O)C(=NOC)c3csc(N)n3)[C@H]2SC1C. The molecule has 1 aromatic heterocycles. The molecule has 2 aliphatic rings. The van der Waals surface area contributed by atoms with Crippen LogP contribution in [0.2, 0.25) is 0 Å². The van der Waals surface area contributed by atoms with E-state index in [1.54, 1.807) is 6.92 Å². The number of carbonyl (C=O) groups excluding carboxylic acids is 2. The second-order valence-corrected chi connectivity index (χ2v) is 8.73. The highest BCUT2D eigenvalue weighted by atomic mass is 32.2. The first-order valence-electron chi connectivity index (χ1n) is 9.01. The van der Waals surface area contributed by atoms with Crippen molar-refractivity contribution in [1.29, 1.82) is 0 Å². The molecule has 0 aliphatic carbocycles. The molecule has 31 heavy (non-hydrogen) atoms. The third-order valence-corrected chi connectivity index (χ3v) is 6.48. The molecule has 1 aromatic rings. The van der Waals surface area contributed by atoms with Gasteiger partial charge in [0, 0.05) is 12.5 Å². The molecule has 2 amide bonds. The number of carbonyl (C=O) groups is 3. The Bertz CT molecular complexity index is 947. The van der Waals surface area contributed by atoms with Gasteiger partial charge >= 0.3 is 5.97 Å². The number of nitrogens with zero attached hydrogens (tertiary/aromatic N) is 3. The van der Waals surface area contributed by atoms with Gasteiger partial charge in [0.25, 0.3) is 11.8 Å². The number of ether oxygens (including phenoxy) is 2. The number of methoxy groups -OCH3 is 1. The summed E-state index contributed by atoms with van der Waals surface area (Å²) in [5, 5.41) is 16.8. The van der Waals surface area contributed by atoms with Crippen molar-refractivity contribution < 1.29 is 33.8 Å². The van der Waals surface area contributed by atoms with Crippen molar-refractivity contribution in [2.75, 3.05) is 33.2 Å². The van der Waals surface area contributed by atoms with Gasteiger partial charge in [-0.2, -0.15) is 0 Å². The third-order valence-electron chi connectivity index (χ3n) is 4.43. The zero-order chi connectivity index (χ0) is 22.7. The molecule has 2 aliphatic heterocycles. The Kier molecular flexibility index (Phi) is 7.02. The number of thioether (sulfide) groups is 1. The molecule has 12 nitrogen and oxygen atoms in total. The lowest BCUT2D eigenvalue weighted by Crippen LogP contribution is -2.71. The van der Waals surface area contributed by atoms with Crippen molar-refractivity contribution in [3.8, 4) is 0 Å². The lowest BCUT2D eigenvalue weighted by molar-refractivity contribution is -0.150. The van der Waals surface area contributed by atoms with Gasteiger partial charge in [0.1, 0.15) is 36.6 Å². The second-order valence-electron chi connectivity index (χ2n) is 6.38. The molecule has 3 heterocycles. The quantitative estimate of drug-likeness (QED) is 0.190. The molecule has 1 fully saturated rings. The summed E-state index contributed by atoms with van der Waals surface area (Å²) < 4.78 is 10.5. The number of carboxylic acid groups (broad SMARTS) is 1. The van der Waals surface area contributed by atoms with E-state index in [-0.39, 0.29) is 46.5 Å². The number of hydrogen-bond acceptors (Lipinski definition) is 11. The van der Waals surface area contributed by atoms with Crippen LogP contribution in [0.3, 0.4) is 0 Å². The highest BCUT2D eigenvalue weighted by Gasteiger charge is 2.56. The largest absolute Gasteiger partial charge is 0.492 e. The number of amides is 2. The van der Waals surface area contributed by atoms with Crippen LogP contribution in [0, 0.1) is 0 Å². The summed E-state index contributed by atoms with van der Waals surface area (Å²) >= 11 is 2.42. The fraction of sp³-hybridized carbons (Fsp3) is 0.471. The highest BCUT2D eigenvalue weighted by Crippen LogP contribution is 2.44. The summed E-state index contributed by atoms with van der Waals surface area (Å²) in [7, 11) is 2.77. The first-order valence-corrected chi connectivity index (χ1v) is 10.8. The van der Waals surface area contributed by atoms with E-state index < -0.39 is 29.2 Å². The van der Waals surface area contributed by atoms with E-state index in [0.29, 0.717) is 0 Å². The number of β-lactam (4-membered cyclic amide) rings is 1. The molecular formula is C17H21N5O7S2.